The number of aromatic nitrogens is 3. The lowest BCUT2D eigenvalue weighted by Gasteiger charge is -2.27. The molecule has 0 bridgehead atoms. The number of benzene rings is 2. The fourth-order valence-corrected chi connectivity index (χ4v) is 3.58. The lowest BCUT2D eigenvalue weighted by molar-refractivity contribution is -0.115. The Labute approximate surface area is 173 Å². The van der Waals surface area contributed by atoms with Crippen molar-refractivity contribution in [2.24, 2.45) is 5.73 Å². The summed E-state index contributed by atoms with van der Waals surface area (Å²) in [6.45, 7) is 1.81. The summed E-state index contributed by atoms with van der Waals surface area (Å²) >= 11 is 6.04. The van der Waals surface area contributed by atoms with Crippen molar-refractivity contribution in [2.75, 3.05) is 24.3 Å². The van der Waals surface area contributed by atoms with Gasteiger partial charge in [0, 0.05) is 36.1 Å². The van der Waals surface area contributed by atoms with Crippen LogP contribution < -0.4 is 16.0 Å². The molecule has 8 heteroatoms. The Hall–Kier alpha value is -3.32. The Morgan fingerprint density at radius 2 is 1.79 bits per heavy atom. The van der Waals surface area contributed by atoms with Gasteiger partial charge in [0.2, 0.25) is 11.9 Å². The van der Waals surface area contributed by atoms with Crippen LogP contribution in [0.15, 0.2) is 59.8 Å². The zero-order chi connectivity index (χ0) is 20.7. The van der Waals surface area contributed by atoms with E-state index in [-0.39, 0.29) is 0 Å². The zero-order valence-electron chi connectivity index (χ0n) is 16.3. The van der Waals surface area contributed by atoms with Gasteiger partial charge in [0.25, 0.3) is 0 Å². The molecule has 0 saturated heterocycles. The third-order valence-electron chi connectivity index (χ3n) is 4.95. The molecule has 0 unspecified atom stereocenters. The molecule has 3 aromatic rings. The number of carbonyl (C=O) groups is 1. The van der Waals surface area contributed by atoms with E-state index in [4.69, 9.17) is 22.4 Å². The number of rotatable bonds is 4. The summed E-state index contributed by atoms with van der Waals surface area (Å²) < 4.78 is 1.70. The average Bonchev–Trinajstić information content (AvgIpc) is 3.11. The maximum Gasteiger partial charge on any atom is 0.248 e. The van der Waals surface area contributed by atoms with E-state index in [0.717, 1.165) is 16.8 Å². The van der Waals surface area contributed by atoms with Crippen molar-refractivity contribution in [1.29, 1.82) is 0 Å². The standard InChI is InChI=1S/C21H21ClN6O/c1-12-17(19(23)29)18(13-4-8-15(22)9-5-13)28-21(24-12)25-20(26-28)14-6-10-16(11-7-14)27(2)3/h4-11,18H,1-3H3,(H2,23,29)(H,24,25,26)/t18-/m0/s1. The van der Waals surface area contributed by atoms with Crippen molar-refractivity contribution in [2.45, 2.75) is 13.0 Å². The second kappa shape index (κ2) is 7.25. The molecule has 29 heavy (non-hydrogen) atoms. The zero-order valence-corrected chi connectivity index (χ0v) is 17.1. The topological polar surface area (TPSA) is 89.1 Å². The highest BCUT2D eigenvalue weighted by atomic mass is 35.5. The third kappa shape index (κ3) is 3.45. The van der Waals surface area contributed by atoms with Crippen LogP contribution in [0.5, 0.6) is 0 Å². The largest absolute Gasteiger partial charge is 0.378 e. The van der Waals surface area contributed by atoms with Crippen molar-refractivity contribution < 1.29 is 4.79 Å². The van der Waals surface area contributed by atoms with Crippen LogP contribution in [0.3, 0.4) is 0 Å². The highest BCUT2D eigenvalue weighted by Gasteiger charge is 2.33. The second-order valence-electron chi connectivity index (χ2n) is 7.13. The van der Waals surface area contributed by atoms with Gasteiger partial charge in [-0.05, 0) is 48.9 Å². The number of amides is 1. The number of fused-ring (bicyclic) bond motifs is 1. The van der Waals surface area contributed by atoms with E-state index in [1.54, 1.807) is 16.8 Å². The predicted molar refractivity (Wildman–Crippen MR) is 115 cm³/mol. The van der Waals surface area contributed by atoms with Crippen LogP contribution in [0.1, 0.15) is 18.5 Å². The first-order valence-electron chi connectivity index (χ1n) is 9.12. The van der Waals surface area contributed by atoms with E-state index < -0.39 is 11.9 Å². The number of carbonyl (C=O) groups excluding carboxylic acids is 1. The Morgan fingerprint density at radius 1 is 1.14 bits per heavy atom. The minimum atomic E-state index is -0.506. The maximum atomic E-state index is 12.2. The molecule has 2 heterocycles. The van der Waals surface area contributed by atoms with Gasteiger partial charge < -0.3 is 16.0 Å². The van der Waals surface area contributed by atoms with Crippen LogP contribution in [0.2, 0.25) is 5.02 Å². The monoisotopic (exact) mass is 408 g/mol. The van der Waals surface area contributed by atoms with E-state index in [1.807, 2.05) is 62.3 Å². The fraction of sp³-hybridized carbons (Fsp3) is 0.190. The summed E-state index contributed by atoms with van der Waals surface area (Å²) in [5, 5.41) is 8.47. The van der Waals surface area contributed by atoms with Gasteiger partial charge >= 0.3 is 0 Å². The second-order valence-corrected chi connectivity index (χ2v) is 7.56. The SMILES string of the molecule is CC1=C(C(N)=O)[C@H](c2ccc(Cl)cc2)n2nc(-c3ccc(N(C)C)cc3)nc2N1. The van der Waals surface area contributed by atoms with Gasteiger partial charge in [0.15, 0.2) is 5.82 Å². The number of hydrogen-bond acceptors (Lipinski definition) is 5. The average molecular weight is 409 g/mol. The van der Waals surface area contributed by atoms with E-state index in [2.05, 4.69) is 10.3 Å². The molecule has 3 N–H and O–H groups in total. The minimum Gasteiger partial charge on any atom is -0.378 e. The molecule has 4 rings (SSSR count). The molecule has 0 fully saturated rings. The van der Waals surface area contributed by atoms with Gasteiger partial charge in [-0.3, -0.25) is 4.79 Å². The van der Waals surface area contributed by atoms with Gasteiger partial charge in [0.1, 0.15) is 6.04 Å². The van der Waals surface area contributed by atoms with E-state index in [1.165, 1.54) is 0 Å². The van der Waals surface area contributed by atoms with Gasteiger partial charge in [-0.25, -0.2) is 4.68 Å². The van der Waals surface area contributed by atoms with Crippen LogP contribution in [-0.2, 0) is 4.79 Å². The Kier molecular flexibility index (Phi) is 4.76. The summed E-state index contributed by atoms with van der Waals surface area (Å²) in [6, 6.07) is 14.8. The van der Waals surface area contributed by atoms with Crippen molar-refractivity contribution >= 4 is 29.1 Å². The number of hydrogen-bond donors (Lipinski definition) is 2. The molecule has 1 aliphatic rings. The summed E-state index contributed by atoms with van der Waals surface area (Å²) in [5.41, 5.74) is 9.63. The van der Waals surface area contributed by atoms with Gasteiger partial charge in [-0.1, -0.05) is 23.7 Å². The molecule has 0 aliphatic carbocycles. The first kappa shape index (κ1) is 19.0. The van der Waals surface area contributed by atoms with Crippen LogP contribution >= 0.6 is 11.6 Å². The quantitative estimate of drug-likeness (QED) is 0.690. The number of halogens is 1. The van der Waals surface area contributed by atoms with Crippen LogP contribution in [0.4, 0.5) is 11.6 Å². The Morgan fingerprint density at radius 3 is 2.38 bits per heavy atom. The minimum absolute atomic E-state index is 0.444. The molecular weight excluding hydrogens is 388 g/mol. The maximum absolute atomic E-state index is 12.2. The van der Waals surface area contributed by atoms with Crippen molar-refractivity contribution in [3.63, 3.8) is 0 Å². The summed E-state index contributed by atoms with van der Waals surface area (Å²) in [5.74, 6) is 0.613. The molecular formula is C21H21ClN6O. The molecule has 1 aliphatic heterocycles. The van der Waals surface area contributed by atoms with Crippen LogP contribution in [0.25, 0.3) is 11.4 Å². The van der Waals surface area contributed by atoms with Crippen LogP contribution in [-0.4, -0.2) is 34.8 Å². The van der Waals surface area contributed by atoms with Crippen molar-refractivity contribution in [1.82, 2.24) is 14.8 Å². The lowest BCUT2D eigenvalue weighted by Crippen LogP contribution is -2.31. The Balaban J connectivity index is 1.81. The molecule has 2 aromatic carbocycles. The highest BCUT2D eigenvalue weighted by molar-refractivity contribution is 6.30. The lowest BCUT2D eigenvalue weighted by atomic mass is 9.95. The van der Waals surface area contributed by atoms with E-state index >= 15 is 0 Å². The summed E-state index contributed by atoms with van der Waals surface area (Å²) in [4.78, 5) is 18.9. The summed E-state index contributed by atoms with van der Waals surface area (Å²) in [6.07, 6.45) is 0. The molecule has 1 aromatic heterocycles. The molecule has 0 radical (unpaired) electrons. The number of nitrogens with zero attached hydrogens (tertiary/aromatic N) is 4. The first-order valence-corrected chi connectivity index (χ1v) is 9.50. The first-order chi connectivity index (χ1) is 13.8. The smallest absolute Gasteiger partial charge is 0.248 e. The van der Waals surface area contributed by atoms with Crippen LogP contribution in [0, 0.1) is 0 Å². The molecule has 1 amide bonds. The predicted octanol–water partition coefficient (Wildman–Crippen LogP) is 3.44. The van der Waals surface area contributed by atoms with E-state index in [0.29, 0.717) is 28.1 Å². The number of nitrogens with two attached hydrogens (primary N) is 1. The third-order valence-corrected chi connectivity index (χ3v) is 5.20. The van der Waals surface area contributed by atoms with Gasteiger partial charge in [-0.15, -0.1) is 5.10 Å². The van der Waals surface area contributed by atoms with E-state index in [9.17, 15) is 4.79 Å². The number of nitrogens with one attached hydrogen (secondary N) is 1. The molecule has 1 atom stereocenters. The molecule has 148 valence electrons. The fourth-order valence-electron chi connectivity index (χ4n) is 3.45. The highest BCUT2D eigenvalue weighted by Crippen LogP contribution is 2.36. The molecule has 0 saturated carbocycles. The Bertz CT molecular complexity index is 1100. The van der Waals surface area contributed by atoms with Gasteiger partial charge in [-0.2, -0.15) is 4.98 Å². The number of primary amides is 1. The number of anilines is 2. The van der Waals surface area contributed by atoms with Crippen molar-refractivity contribution in [3.8, 4) is 11.4 Å². The summed E-state index contributed by atoms with van der Waals surface area (Å²) in [7, 11) is 3.98. The van der Waals surface area contributed by atoms with Crippen molar-refractivity contribution in [3.05, 3.63) is 70.4 Å². The number of allylic oxidation sites excluding steroid dienone is 1. The molecule has 7 nitrogen and oxygen atoms in total. The molecule has 0 spiro atoms. The normalized spacial score (nSPS) is 15.7. The van der Waals surface area contributed by atoms with Gasteiger partial charge in [0.05, 0.1) is 5.57 Å².